The number of aromatic nitrogens is 1. The fourth-order valence-electron chi connectivity index (χ4n) is 2.20. The molecule has 0 radical (unpaired) electrons. The summed E-state index contributed by atoms with van der Waals surface area (Å²) >= 11 is 0. The van der Waals surface area contributed by atoms with Crippen molar-refractivity contribution in [3.8, 4) is 0 Å². The number of rotatable bonds is 4. The van der Waals surface area contributed by atoms with Crippen LogP contribution in [0.15, 0.2) is 10.6 Å². The molecule has 0 unspecified atom stereocenters. The number of hydrogen-bond donors (Lipinski definition) is 2. The van der Waals surface area contributed by atoms with Gasteiger partial charge in [0.2, 0.25) is 5.76 Å². The standard InChI is InChI=1S/C13H19N3O4/c1-13(3-5-16(2)6-4-13)8-14-11(17)9-7-10(12(18)19)20-15-9/h7H,3-6,8H2,1-2H3,(H,14,17)(H,18,19). The topological polar surface area (TPSA) is 95.7 Å². The zero-order valence-corrected chi connectivity index (χ0v) is 11.7. The number of carbonyl (C=O) groups is 2. The van der Waals surface area contributed by atoms with Gasteiger partial charge in [-0.25, -0.2) is 4.79 Å². The quantitative estimate of drug-likeness (QED) is 0.849. The number of likely N-dealkylation sites (tertiary alicyclic amines) is 1. The highest BCUT2D eigenvalue weighted by Gasteiger charge is 2.29. The van der Waals surface area contributed by atoms with Crippen molar-refractivity contribution in [1.82, 2.24) is 15.4 Å². The van der Waals surface area contributed by atoms with Crippen LogP contribution >= 0.6 is 0 Å². The number of carboxylic acid groups (broad SMARTS) is 1. The summed E-state index contributed by atoms with van der Waals surface area (Å²) in [6.45, 7) is 4.72. The van der Waals surface area contributed by atoms with Crippen LogP contribution in [0.25, 0.3) is 0 Å². The molecule has 2 N–H and O–H groups in total. The summed E-state index contributed by atoms with van der Waals surface area (Å²) in [5.41, 5.74) is 0.0700. The molecule has 1 aliphatic rings. The number of hydrogen-bond acceptors (Lipinski definition) is 5. The summed E-state index contributed by atoms with van der Waals surface area (Å²) in [6.07, 6.45) is 2.03. The Morgan fingerprint density at radius 2 is 2.15 bits per heavy atom. The summed E-state index contributed by atoms with van der Waals surface area (Å²) < 4.78 is 4.56. The maximum atomic E-state index is 11.9. The van der Waals surface area contributed by atoms with Gasteiger partial charge < -0.3 is 19.8 Å². The lowest BCUT2D eigenvalue weighted by atomic mass is 9.80. The van der Waals surface area contributed by atoms with Crippen LogP contribution < -0.4 is 5.32 Å². The second-order valence-electron chi connectivity index (χ2n) is 5.68. The normalized spacial score (nSPS) is 18.7. The van der Waals surface area contributed by atoms with Crippen molar-refractivity contribution in [1.29, 1.82) is 0 Å². The van der Waals surface area contributed by atoms with Crippen molar-refractivity contribution in [2.75, 3.05) is 26.7 Å². The number of carbonyl (C=O) groups excluding carboxylic acids is 1. The van der Waals surface area contributed by atoms with Crippen molar-refractivity contribution in [3.05, 3.63) is 17.5 Å². The summed E-state index contributed by atoms with van der Waals surface area (Å²) in [5.74, 6) is -1.97. The van der Waals surface area contributed by atoms with E-state index in [0.29, 0.717) is 6.54 Å². The van der Waals surface area contributed by atoms with Gasteiger partial charge in [0, 0.05) is 12.6 Å². The molecule has 1 aromatic heterocycles. The highest BCUT2D eigenvalue weighted by molar-refractivity contribution is 5.94. The predicted molar refractivity (Wildman–Crippen MR) is 70.6 cm³/mol. The molecule has 7 heteroatoms. The largest absolute Gasteiger partial charge is 0.475 e. The average Bonchev–Trinajstić information content (AvgIpc) is 2.90. The number of nitrogens with one attached hydrogen (secondary N) is 1. The zero-order chi connectivity index (χ0) is 14.8. The lowest BCUT2D eigenvalue weighted by molar-refractivity contribution is 0.0651. The molecule has 1 amide bonds. The lowest BCUT2D eigenvalue weighted by Gasteiger charge is -2.37. The van der Waals surface area contributed by atoms with Crippen LogP contribution in [0.5, 0.6) is 0 Å². The van der Waals surface area contributed by atoms with E-state index in [2.05, 4.69) is 33.9 Å². The van der Waals surface area contributed by atoms with Crippen LogP contribution in [0.3, 0.4) is 0 Å². The van der Waals surface area contributed by atoms with Gasteiger partial charge in [-0.1, -0.05) is 12.1 Å². The van der Waals surface area contributed by atoms with Gasteiger partial charge >= 0.3 is 5.97 Å². The van der Waals surface area contributed by atoms with Crippen LogP contribution in [0.4, 0.5) is 0 Å². The number of piperidine rings is 1. The molecule has 1 saturated heterocycles. The fraction of sp³-hybridized carbons (Fsp3) is 0.615. The van der Waals surface area contributed by atoms with Gasteiger partial charge in [-0.15, -0.1) is 0 Å². The van der Waals surface area contributed by atoms with Crippen LogP contribution in [0, 0.1) is 5.41 Å². The van der Waals surface area contributed by atoms with Gasteiger partial charge in [-0.05, 0) is 38.4 Å². The molecule has 0 aromatic carbocycles. The molecule has 2 heterocycles. The SMILES string of the molecule is CN1CCC(C)(CNC(=O)c2cc(C(=O)O)on2)CC1. The summed E-state index contributed by atoms with van der Waals surface area (Å²) in [7, 11) is 2.08. The van der Waals surface area contributed by atoms with Gasteiger partial charge in [-0.2, -0.15) is 0 Å². The lowest BCUT2D eigenvalue weighted by Crippen LogP contribution is -2.43. The monoisotopic (exact) mass is 281 g/mol. The smallest absolute Gasteiger partial charge is 0.374 e. The van der Waals surface area contributed by atoms with Gasteiger partial charge in [0.05, 0.1) is 0 Å². The Hall–Kier alpha value is -1.89. The van der Waals surface area contributed by atoms with Crippen LogP contribution in [-0.4, -0.2) is 53.7 Å². The van der Waals surface area contributed by atoms with E-state index in [-0.39, 0.29) is 16.9 Å². The van der Waals surface area contributed by atoms with Crippen LogP contribution in [-0.2, 0) is 0 Å². The van der Waals surface area contributed by atoms with E-state index in [0.717, 1.165) is 32.0 Å². The molecule has 0 bridgehead atoms. The first-order valence-corrected chi connectivity index (χ1v) is 6.56. The molecular weight excluding hydrogens is 262 g/mol. The first kappa shape index (κ1) is 14.5. The predicted octanol–water partition coefficient (Wildman–Crippen LogP) is 0.835. The van der Waals surface area contributed by atoms with E-state index in [9.17, 15) is 9.59 Å². The Bertz CT molecular complexity index is 503. The van der Waals surface area contributed by atoms with Crippen molar-refractivity contribution < 1.29 is 19.2 Å². The van der Waals surface area contributed by atoms with Crippen molar-refractivity contribution in [2.24, 2.45) is 5.41 Å². The molecule has 7 nitrogen and oxygen atoms in total. The molecule has 1 fully saturated rings. The molecular formula is C13H19N3O4. The van der Waals surface area contributed by atoms with E-state index in [1.165, 1.54) is 0 Å². The minimum atomic E-state index is -1.24. The first-order chi connectivity index (χ1) is 9.39. The Balaban J connectivity index is 1.89. The van der Waals surface area contributed by atoms with Gasteiger partial charge in [0.15, 0.2) is 5.69 Å². The van der Waals surface area contributed by atoms with Crippen molar-refractivity contribution in [3.63, 3.8) is 0 Å². The molecule has 0 spiro atoms. The Kier molecular flexibility index (Phi) is 4.08. The summed E-state index contributed by atoms with van der Waals surface area (Å²) in [6, 6.07) is 1.13. The fourth-order valence-corrected chi connectivity index (χ4v) is 2.20. The van der Waals surface area contributed by atoms with E-state index in [1.807, 2.05) is 0 Å². The van der Waals surface area contributed by atoms with Crippen molar-refractivity contribution >= 4 is 11.9 Å². The molecule has 2 rings (SSSR count). The van der Waals surface area contributed by atoms with Crippen molar-refractivity contribution in [2.45, 2.75) is 19.8 Å². The zero-order valence-electron chi connectivity index (χ0n) is 11.7. The van der Waals surface area contributed by atoms with Crippen LogP contribution in [0.2, 0.25) is 0 Å². The summed E-state index contributed by atoms with van der Waals surface area (Å²) in [4.78, 5) is 24.8. The van der Waals surface area contributed by atoms with E-state index in [1.54, 1.807) is 0 Å². The van der Waals surface area contributed by atoms with Gasteiger partial charge in [-0.3, -0.25) is 4.79 Å². The van der Waals surface area contributed by atoms with Gasteiger partial charge in [0.25, 0.3) is 5.91 Å². The molecule has 0 atom stereocenters. The molecule has 1 aliphatic heterocycles. The number of aromatic carboxylic acids is 1. The third-order valence-corrected chi connectivity index (χ3v) is 3.82. The third-order valence-electron chi connectivity index (χ3n) is 3.82. The Morgan fingerprint density at radius 3 is 2.70 bits per heavy atom. The molecule has 20 heavy (non-hydrogen) atoms. The molecule has 0 aliphatic carbocycles. The molecule has 110 valence electrons. The number of amides is 1. The number of carboxylic acids is 1. The minimum Gasteiger partial charge on any atom is -0.475 e. The molecule has 0 saturated carbocycles. The average molecular weight is 281 g/mol. The Labute approximate surface area is 116 Å². The highest BCUT2D eigenvalue weighted by Crippen LogP contribution is 2.29. The maximum absolute atomic E-state index is 11.9. The first-order valence-electron chi connectivity index (χ1n) is 6.56. The second kappa shape index (κ2) is 5.62. The minimum absolute atomic E-state index is 0.000993. The number of nitrogens with zero attached hydrogens (tertiary/aromatic N) is 2. The molecule has 1 aromatic rings. The van der Waals surface area contributed by atoms with E-state index >= 15 is 0 Å². The Morgan fingerprint density at radius 1 is 1.50 bits per heavy atom. The second-order valence-corrected chi connectivity index (χ2v) is 5.68. The maximum Gasteiger partial charge on any atom is 0.374 e. The van der Waals surface area contributed by atoms with Crippen LogP contribution in [0.1, 0.15) is 40.8 Å². The van der Waals surface area contributed by atoms with E-state index in [4.69, 9.17) is 5.11 Å². The summed E-state index contributed by atoms with van der Waals surface area (Å²) in [5, 5.41) is 15.0. The highest BCUT2D eigenvalue weighted by atomic mass is 16.5. The van der Waals surface area contributed by atoms with Gasteiger partial charge in [0.1, 0.15) is 0 Å². The third kappa shape index (κ3) is 3.36. The van der Waals surface area contributed by atoms with E-state index < -0.39 is 11.9 Å².